The summed E-state index contributed by atoms with van der Waals surface area (Å²) in [6.07, 6.45) is 1.32. The van der Waals surface area contributed by atoms with Crippen molar-refractivity contribution in [1.82, 2.24) is 4.72 Å². The molecule has 0 spiro atoms. The van der Waals surface area contributed by atoms with Crippen LogP contribution in [0.15, 0.2) is 46.7 Å². The van der Waals surface area contributed by atoms with Crippen molar-refractivity contribution < 1.29 is 13.5 Å². The van der Waals surface area contributed by atoms with Gasteiger partial charge in [0.2, 0.25) is 10.0 Å². The van der Waals surface area contributed by atoms with E-state index in [-0.39, 0.29) is 12.5 Å². The van der Waals surface area contributed by atoms with Gasteiger partial charge in [-0.2, -0.15) is 0 Å². The molecule has 1 unspecified atom stereocenters. The van der Waals surface area contributed by atoms with Gasteiger partial charge < -0.3 is 5.11 Å². The predicted octanol–water partition coefficient (Wildman–Crippen LogP) is 2.89. The van der Waals surface area contributed by atoms with E-state index < -0.39 is 10.0 Å². The number of aliphatic hydroxyl groups excluding tert-OH is 1. The first-order valence-electron chi connectivity index (χ1n) is 7.23. The van der Waals surface area contributed by atoms with E-state index in [1.807, 2.05) is 30.5 Å². The number of hydrogen-bond donors (Lipinski definition) is 2. The Balaban J connectivity index is 1.97. The quantitative estimate of drug-likeness (QED) is 0.777. The van der Waals surface area contributed by atoms with Gasteiger partial charge in [-0.15, -0.1) is 11.3 Å². The molecule has 0 aliphatic heterocycles. The molecule has 0 aliphatic carbocycles. The minimum absolute atomic E-state index is 0.104. The van der Waals surface area contributed by atoms with Gasteiger partial charge in [-0.3, -0.25) is 0 Å². The molecule has 1 heterocycles. The molecule has 2 N–H and O–H groups in total. The summed E-state index contributed by atoms with van der Waals surface area (Å²) in [6.45, 7) is 2.33. The molecule has 6 heteroatoms. The number of aliphatic hydroxyl groups is 1. The van der Waals surface area contributed by atoms with Crippen LogP contribution in [0.25, 0.3) is 0 Å². The fourth-order valence-corrected chi connectivity index (χ4v) is 4.39. The molecular formula is C16H21NO3S2. The lowest BCUT2D eigenvalue weighted by molar-refractivity contribution is 0.273. The molecule has 0 fully saturated rings. The van der Waals surface area contributed by atoms with Crippen LogP contribution in [-0.2, 0) is 10.0 Å². The SMILES string of the molecule is Cc1cccc(S(=O)(=O)NCCC(CCO)c2cccs2)c1. The van der Waals surface area contributed by atoms with E-state index in [0.717, 1.165) is 5.56 Å². The normalized spacial score (nSPS) is 13.2. The van der Waals surface area contributed by atoms with Gasteiger partial charge in [0.1, 0.15) is 0 Å². The number of benzene rings is 1. The summed E-state index contributed by atoms with van der Waals surface area (Å²) >= 11 is 1.64. The van der Waals surface area contributed by atoms with Gasteiger partial charge in [0.25, 0.3) is 0 Å². The van der Waals surface area contributed by atoms with Crippen molar-refractivity contribution in [2.24, 2.45) is 0 Å². The van der Waals surface area contributed by atoms with Crippen LogP contribution in [0.2, 0.25) is 0 Å². The first-order valence-corrected chi connectivity index (χ1v) is 9.60. The highest BCUT2D eigenvalue weighted by Gasteiger charge is 2.16. The molecule has 1 atom stereocenters. The zero-order valence-corrected chi connectivity index (χ0v) is 14.2. The fraction of sp³-hybridized carbons (Fsp3) is 0.375. The number of nitrogens with one attached hydrogen (secondary N) is 1. The lowest BCUT2D eigenvalue weighted by Crippen LogP contribution is -2.26. The lowest BCUT2D eigenvalue weighted by Gasteiger charge is -2.15. The Morgan fingerprint density at radius 2 is 2.05 bits per heavy atom. The van der Waals surface area contributed by atoms with Crippen molar-refractivity contribution >= 4 is 21.4 Å². The third kappa shape index (κ3) is 4.64. The Hall–Kier alpha value is -1.21. The number of sulfonamides is 1. The van der Waals surface area contributed by atoms with Crippen molar-refractivity contribution in [3.8, 4) is 0 Å². The zero-order chi connectivity index (χ0) is 16.0. The molecule has 0 bridgehead atoms. The smallest absolute Gasteiger partial charge is 0.240 e. The number of rotatable bonds is 8. The Morgan fingerprint density at radius 3 is 2.68 bits per heavy atom. The lowest BCUT2D eigenvalue weighted by atomic mass is 10.0. The summed E-state index contributed by atoms with van der Waals surface area (Å²) in [5, 5.41) is 11.2. The van der Waals surface area contributed by atoms with E-state index in [1.165, 1.54) is 4.88 Å². The standard InChI is InChI=1S/C16H21NO3S2/c1-13-4-2-5-15(12-13)22(19,20)17-9-7-14(8-10-18)16-6-3-11-21-16/h2-6,11-12,14,17-18H,7-10H2,1H3. The molecule has 0 saturated carbocycles. The summed E-state index contributed by atoms with van der Waals surface area (Å²) in [5.41, 5.74) is 0.916. The summed E-state index contributed by atoms with van der Waals surface area (Å²) in [7, 11) is -3.47. The average molecular weight is 339 g/mol. The maximum Gasteiger partial charge on any atom is 0.240 e. The van der Waals surface area contributed by atoms with Crippen LogP contribution < -0.4 is 4.72 Å². The second-order valence-electron chi connectivity index (χ2n) is 5.23. The molecule has 0 aliphatic rings. The summed E-state index contributed by atoms with van der Waals surface area (Å²) in [4.78, 5) is 1.48. The van der Waals surface area contributed by atoms with Crippen molar-refractivity contribution in [3.05, 3.63) is 52.2 Å². The van der Waals surface area contributed by atoms with E-state index in [1.54, 1.807) is 29.5 Å². The molecule has 1 aromatic carbocycles. The third-order valence-corrected chi connectivity index (χ3v) is 6.00. The van der Waals surface area contributed by atoms with E-state index in [0.29, 0.717) is 24.3 Å². The molecular weight excluding hydrogens is 318 g/mol. The monoisotopic (exact) mass is 339 g/mol. The Labute approximate surface area is 135 Å². The van der Waals surface area contributed by atoms with Gasteiger partial charge in [-0.1, -0.05) is 18.2 Å². The maximum absolute atomic E-state index is 12.3. The highest BCUT2D eigenvalue weighted by atomic mass is 32.2. The Morgan fingerprint density at radius 1 is 1.23 bits per heavy atom. The van der Waals surface area contributed by atoms with Crippen LogP contribution in [-0.4, -0.2) is 26.7 Å². The third-order valence-electron chi connectivity index (χ3n) is 3.51. The van der Waals surface area contributed by atoms with E-state index >= 15 is 0 Å². The van der Waals surface area contributed by atoms with Crippen LogP contribution in [0.1, 0.15) is 29.2 Å². The van der Waals surface area contributed by atoms with Gasteiger partial charge in [-0.05, 0) is 54.8 Å². The van der Waals surface area contributed by atoms with Crippen LogP contribution in [0.3, 0.4) is 0 Å². The van der Waals surface area contributed by atoms with Gasteiger partial charge in [0, 0.05) is 18.0 Å². The molecule has 0 amide bonds. The number of hydrogen-bond acceptors (Lipinski definition) is 4. The Kier molecular flexibility index (Phi) is 6.14. The minimum Gasteiger partial charge on any atom is -0.396 e. The first-order chi connectivity index (χ1) is 10.5. The summed E-state index contributed by atoms with van der Waals surface area (Å²) < 4.78 is 27.2. The molecule has 22 heavy (non-hydrogen) atoms. The summed E-state index contributed by atoms with van der Waals surface area (Å²) in [6, 6.07) is 10.9. The minimum atomic E-state index is -3.47. The van der Waals surface area contributed by atoms with Crippen LogP contribution in [0.5, 0.6) is 0 Å². The van der Waals surface area contributed by atoms with Gasteiger partial charge in [0.15, 0.2) is 0 Å². The highest BCUT2D eigenvalue weighted by molar-refractivity contribution is 7.89. The first kappa shape index (κ1) is 17.1. The molecule has 120 valence electrons. The fourth-order valence-electron chi connectivity index (χ4n) is 2.34. The largest absolute Gasteiger partial charge is 0.396 e. The van der Waals surface area contributed by atoms with Crippen molar-refractivity contribution in [3.63, 3.8) is 0 Å². The molecule has 1 aromatic heterocycles. The summed E-state index contributed by atoms with van der Waals surface area (Å²) in [5.74, 6) is 0.185. The van der Waals surface area contributed by atoms with Crippen LogP contribution in [0.4, 0.5) is 0 Å². The molecule has 0 radical (unpaired) electrons. The average Bonchev–Trinajstić information content (AvgIpc) is 3.00. The Bertz CT molecular complexity index is 681. The van der Waals surface area contributed by atoms with Crippen molar-refractivity contribution in [1.29, 1.82) is 0 Å². The van der Waals surface area contributed by atoms with E-state index in [4.69, 9.17) is 5.11 Å². The van der Waals surface area contributed by atoms with E-state index in [9.17, 15) is 8.42 Å². The zero-order valence-electron chi connectivity index (χ0n) is 12.5. The maximum atomic E-state index is 12.3. The second kappa shape index (κ2) is 7.87. The van der Waals surface area contributed by atoms with Gasteiger partial charge in [-0.25, -0.2) is 13.1 Å². The predicted molar refractivity (Wildman–Crippen MR) is 89.7 cm³/mol. The number of aryl methyl sites for hydroxylation is 1. The second-order valence-corrected chi connectivity index (χ2v) is 7.97. The van der Waals surface area contributed by atoms with Crippen molar-refractivity contribution in [2.75, 3.05) is 13.2 Å². The van der Waals surface area contributed by atoms with Crippen LogP contribution >= 0.6 is 11.3 Å². The molecule has 2 aromatic rings. The molecule has 4 nitrogen and oxygen atoms in total. The van der Waals surface area contributed by atoms with E-state index in [2.05, 4.69) is 4.72 Å². The van der Waals surface area contributed by atoms with Gasteiger partial charge in [0.05, 0.1) is 4.90 Å². The molecule has 2 rings (SSSR count). The molecule has 0 saturated heterocycles. The van der Waals surface area contributed by atoms with Gasteiger partial charge >= 0.3 is 0 Å². The van der Waals surface area contributed by atoms with Crippen LogP contribution in [0, 0.1) is 6.92 Å². The number of thiophene rings is 1. The topological polar surface area (TPSA) is 66.4 Å². The highest BCUT2D eigenvalue weighted by Crippen LogP contribution is 2.27. The van der Waals surface area contributed by atoms with Crippen molar-refractivity contribution in [2.45, 2.75) is 30.6 Å².